The molecule has 0 saturated heterocycles. The van der Waals surface area contributed by atoms with Crippen LogP contribution in [-0.2, 0) is 11.4 Å². The molecule has 0 bridgehead atoms. The molecule has 0 unspecified atom stereocenters. The van der Waals surface area contributed by atoms with Gasteiger partial charge in [0.25, 0.3) is 5.91 Å². The third-order valence-electron chi connectivity index (χ3n) is 6.41. The van der Waals surface area contributed by atoms with Crippen molar-refractivity contribution in [3.8, 4) is 17.2 Å². The Labute approximate surface area is 253 Å². The molecule has 3 aromatic carbocycles. The average Bonchev–Trinajstić information content (AvgIpc) is 3.63. The van der Waals surface area contributed by atoms with Crippen molar-refractivity contribution in [1.29, 1.82) is 0 Å². The normalized spacial score (nSPS) is 11.0. The van der Waals surface area contributed by atoms with Crippen LogP contribution in [0, 0.1) is 13.8 Å². The maximum atomic E-state index is 12.6. The van der Waals surface area contributed by atoms with Gasteiger partial charge in [0.05, 0.1) is 6.21 Å². The van der Waals surface area contributed by atoms with Crippen LogP contribution in [0.2, 0.25) is 5.02 Å². The number of carbonyl (C=O) groups is 2. The van der Waals surface area contributed by atoms with E-state index in [9.17, 15) is 9.59 Å². The van der Waals surface area contributed by atoms with E-state index in [1.807, 2.05) is 24.3 Å². The van der Waals surface area contributed by atoms with Gasteiger partial charge in [0.1, 0.15) is 23.9 Å². The summed E-state index contributed by atoms with van der Waals surface area (Å²) < 4.78 is 19.3. The number of aromatic nitrogens is 1. The Morgan fingerprint density at radius 3 is 2.35 bits per heavy atom. The van der Waals surface area contributed by atoms with Gasteiger partial charge in [-0.2, -0.15) is 5.10 Å². The Kier molecular flexibility index (Phi) is 9.23. The average molecular weight is 597 g/mol. The van der Waals surface area contributed by atoms with E-state index in [-0.39, 0.29) is 24.9 Å². The van der Waals surface area contributed by atoms with E-state index in [4.69, 9.17) is 25.5 Å². The van der Waals surface area contributed by atoms with Crippen LogP contribution in [0.5, 0.6) is 11.5 Å². The summed E-state index contributed by atoms with van der Waals surface area (Å²) >= 11 is 5.87. The Hall–Kier alpha value is -5.28. The second-order valence-electron chi connectivity index (χ2n) is 9.58. The zero-order valence-corrected chi connectivity index (χ0v) is 24.3. The van der Waals surface area contributed by atoms with Crippen molar-refractivity contribution >= 4 is 35.3 Å². The largest absolute Gasteiger partial charge is 0.486 e. The minimum absolute atomic E-state index is 0.0908. The highest BCUT2D eigenvalue weighted by molar-refractivity contribution is 6.30. The predicted octanol–water partition coefficient (Wildman–Crippen LogP) is 6.70. The molecule has 2 heterocycles. The Balaban J connectivity index is 1.10. The third-order valence-corrected chi connectivity index (χ3v) is 6.66. The van der Waals surface area contributed by atoms with Gasteiger partial charge in [0.2, 0.25) is 0 Å². The summed E-state index contributed by atoms with van der Waals surface area (Å²) in [5, 5.41) is 7.32. The summed E-state index contributed by atoms with van der Waals surface area (Å²) in [5.74, 6) is 0.834. The lowest BCUT2D eigenvalue weighted by atomic mass is 10.2. The number of hydrogen-bond acceptors (Lipinski definition) is 6. The topological polar surface area (TPSA) is 107 Å². The van der Waals surface area contributed by atoms with E-state index in [1.165, 1.54) is 6.21 Å². The van der Waals surface area contributed by atoms with E-state index in [0.717, 1.165) is 17.1 Å². The number of ether oxygens (including phenoxy) is 2. The first kappa shape index (κ1) is 29.2. The number of para-hydroxylation sites is 1. The van der Waals surface area contributed by atoms with Gasteiger partial charge in [0.15, 0.2) is 12.4 Å². The highest BCUT2D eigenvalue weighted by atomic mass is 35.5. The molecule has 0 spiro atoms. The van der Waals surface area contributed by atoms with Gasteiger partial charge in [-0.05, 0) is 98.8 Å². The second kappa shape index (κ2) is 13.6. The molecule has 0 atom stereocenters. The van der Waals surface area contributed by atoms with Crippen molar-refractivity contribution < 1.29 is 23.5 Å². The number of halogens is 1. The van der Waals surface area contributed by atoms with E-state index in [0.29, 0.717) is 33.5 Å². The molecule has 0 aliphatic carbocycles. The SMILES string of the molecule is Cc1ccc(C)n1-c1ccc(OCc2ccc(C(=O)N/N=C/c3ccccc3OCC(=O)Nc3ccc(Cl)cc3)o2)cc1. The van der Waals surface area contributed by atoms with Crippen LogP contribution >= 0.6 is 11.6 Å². The van der Waals surface area contributed by atoms with Gasteiger partial charge in [-0.15, -0.1) is 0 Å². The standard InChI is InChI=1S/C33H29ClN4O5/c1-22-7-8-23(2)38(22)27-13-15-28(16-14-27)41-20-29-17-18-31(43-29)33(40)37-35-19-24-5-3-4-6-30(24)42-21-32(39)36-26-11-9-25(34)10-12-26/h3-19H,20-21H2,1-2H3,(H,36,39)(H,37,40)/b35-19+. The fourth-order valence-corrected chi connectivity index (χ4v) is 4.43. The fraction of sp³-hybridized carbons (Fsp3) is 0.121. The molecule has 2 amide bonds. The van der Waals surface area contributed by atoms with E-state index >= 15 is 0 Å². The lowest BCUT2D eigenvalue weighted by Crippen LogP contribution is -2.20. The first-order valence-corrected chi connectivity index (χ1v) is 13.8. The van der Waals surface area contributed by atoms with Gasteiger partial charge >= 0.3 is 5.91 Å². The maximum Gasteiger partial charge on any atom is 0.307 e. The highest BCUT2D eigenvalue weighted by Crippen LogP contribution is 2.21. The van der Waals surface area contributed by atoms with Crippen LogP contribution in [0.1, 0.15) is 33.3 Å². The Morgan fingerprint density at radius 1 is 0.884 bits per heavy atom. The zero-order valence-electron chi connectivity index (χ0n) is 23.5. The molecule has 0 aliphatic rings. The van der Waals surface area contributed by atoms with Crippen LogP contribution in [0.4, 0.5) is 5.69 Å². The van der Waals surface area contributed by atoms with Crippen LogP contribution < -0.4 is 20.2 Å². The van der Waals surface area contributed by atoms with E-state index in [2.05, 4.69) is 46.4 Å². The van der Waals surface area contributed by atoms with Gasteiger partial charge in [-0.25, -0.2) is 5.43 Å². The molecule has 2 aromatic heterocycles. The van der Waals surface area contributed by atoms with Crippen LogP contribution in [0.15, 0.2) is 107 Å². The molecule has 2 N–H and O–H groups in total. The number of nitrogens with one attached hydrogen (secondary N) is 2. The molecule has 0 saturated carbocycles. The van der Waals surface area contributed by atoms with Crippen LogP contribution in [-0.4, -0.2) is 29.2 Å². The highest BCUT2D eigenvalue weighted by Gasteiger charge is 2.12. The van der Waals surface area contributed by atoms with Crippen LogP contribution in [0.3, 0.4) is 0 Å². The smallest absolute Gasteiger partial charge is 0.307 e. The number of amides is 2. The first-order valence-electron chi connectivity index (χ1n) is 13.4. The van der Waals surface area contributed by atoms with Gasteiger partial charge in [-0.3, -0.25) is 9.59 Å². The molecular formula is C33H29ClN4O5. The lowest BCUT2D eigenvalue weighted by molar-refractivity contribution is -0.118. The molecule has 0 aliphatic heterocycles. The first-order chi connectivity index (χ1) is 20.9. The van der Waals surface area contributed by atoms with Crippen molar-refractivity contribution in [1.82, 2.24) is 9.99 Å². The predicted molar refractivity (Wildman–Crippen MR) is 165 cm³/mol. The summed E-state index contributed by atoms with van der Waals surface area (Å²) in [7, 11) is 0. The number of nitrogens with zero attached hydrogens (tertiary/aromatic N) is 2. The van der Waals surface area contributed by atoms with Gasteiger partial charge < -0.3 is 23.8 Å². The quantitative estimate of drug-likeness (QED) is 0.130. The summed E-state index contributed by atoms with van der Waals surface area (Å²) in [6, 6.07) is 28.9. The van der Waals surface area contributed by atoms with Crippen molar-refractivity contribution in [3.63, 3.8) is 0 Å². The van der Waals surface area contributed by atoms with E-state index < -0.39 is 5.91 Å². The number of furan rings is 1. The molecule has 43 heavy (non-hydrogen) atoms. The zero-order chi connectivity index (χ0) is 30.2. The van der Waals surface area contributed by atoms with Gasteiger partial charge in [-0.1, -0.05) is 23.7 Å². The molecular weight excluding hydrogens is 568 g/mol. The maximum absolute atomic E-state index is 12.6. The molecule has 218 valence electrons. The Morgan fingerprint density at radius 2 is 1.60 bits per heavy atom. The number of anilines is 1. The summed E-state index contributed by atoms with van der Waals surface area (Å²) in [6.45, 7) is 4.07. The van der Waals surface area contributed by atoms with Crippen molar-refractivity contribution in [3.05, 3.63) is 131 Å². The van der Waals surface area contributed by atoms with E-state index in [1.54, 1.807) is 60.7 Å². The fourth-order valence-electron chi connectivity index (χ4n) is 4.31. The molecule has 5 aromatic rings. The van der Waals surface area contributed by atoms with Crippen molar-refractivity contribution in [2.75, 3.05) is 11.9 Å². The minimum Gasteiger partial charge on any atom is -0.486 e. The molecule has 0 radical (unpaired) electrons. The molecule has 5 rings (SSSR count). The number of carbonyl (C=O) groups excluding carboxylic acids is 2. The number of aryl methyl sites for hydroxylation is 2. The number of rotatable bonds is 11. The molecule has 9 nitrogen and oxygen atoms in total. The Bertz CT molecular complexity index is 1720. The van der Waals surface area contributed by atoms with Gasteiger partial charge in [0, 0.05) is 33.3 Å². The molecule has 0 fully saturated rings. The van der Waals surface area contributed by atoms with Crippen molar-refractivity contribution in [2.45, 2.75) is 20.5 Å². The second-order valence-corrected chi connectivity index (χ2v) is 10.0. The minimum atomic E-state index is -0.523. The number of benzene rings is 3. The van der Waals surface area contributed by atoms with Crippen molar-refractivity contribution in [2.24, 2.45) is 5.10 Å². The summed E-state index contributed by atoms with van der Waals surface area (Å²) in [5.41, 5.74) is 6.99. The number of hydrogen-bond donors (Lipinski definition) is 2. The lowest BCUT2D eigenvalue weighted by Gasteiger charge is -2.10. The molecule has 10 heteroatoms. The van der Waals surface area contributed by atoms with Crippen LogP contribution in [0.25, 0.3) is 5.69 Å². The number of hydrazone groups is 1. The third kappa shape index (κ3) is 7.72. The summed E-state index contributed by atoms with van der Waals surface area (Å²) in [4.78, 5) is 24.8. The summed E-state index contributed by atoms with van der Waals surface area (Å²) in [6.07, 6.45) is 1.43. The monoisotopic (exact) mass is 596 g/mol.